The number of carbonyl (C=O) groups is 1. The average molecular weight is 372 g/mol. The van der Waals surface area contributed by atoms with Crippen LogP contribution in [0.3, 0.4) is 0 Å². The normalized spacial score (nSPS) is 15.0. The number of fused-ring (bicyclic) bond motifs is 1. The molecule has 1 N–H and O–H groups in total. The minimum absolute atomic E-state index is 0.0753. The molecule has 142 valence electrons. The number of amides is 1. The summed E-state index contributed by atoms with van der Waals surface area (Å²) in [5, 5.41) is 10.0. The molecule has 2 aromatic carbocycles. The van der Waals surface area contributed by atoms with Crippen molar-refractivity contribution in [3.8, 4) is 6.07 Å². The number of hydrogen-bond acceptors (Lipinski definition) is 3. The molecule has 1 fully saturated rings. The van der Waals surface area contributed by atoms with E-state index in [9.17, 15) is 4.79 Å². The van der Waals surface area contributed by atoms with Gasteiger partial charge in [-0.3, -0.25) is 9.69 Å². The Kier molecular flexibility index (Phi) is 4.89. The number of nitrogens with zero attached hydrogens (tertiary/aromatic N) is 3. The topological polar surface area (TPSA) is 63.1 Å². The number of H-pyrrole nitrogens is 1. The van der Waals surface area contributed by atoms with Gasteiger partial charge in [0, 0.05) is 43.6 Å². The zero-order valence-electron chi connectivity index (χ0n) is 16.3. The van der Waals surface area contributed by atoms with Gasteiger partial charge >= 0.3 is 0 Å². The second kappa shape index (κ2) is 7.49. The van der Waals surface area contributed by atoms with Crippen molar-refractivity contribution in [2.75, 3.05) is 26.2 Å². The summed E-state index contributed by atoms with van der Waals surface area (Å²) < 4.78 is 0. The third-order valence-electron chi connectivity index (χ3n) is 5.47. The SMILES string of the molecule is Cc1cc(C)c2cc(C(=O)N3CCN(Cc4ccc(C#N)cc4)CC3)[nH]c2c1. The molecule has 0 radical (unpaired) electrons. The van der Waals surface area contributed by atoms with E-state index in [0.29, 0.717) is 11.3 Å². The summed E-state index contributed by atoms with van der Waals surface area (Å²) in [6.45, 7) is 8.15. The van der Waals surface area contributed by atoms with E-state index in [1.165, 1.54) is 16.7 Å². The molecule has 5 nitrogen and oxygen atoms in total. The third-order valence-corrected chi connectivity index (χ3v) is 5.47. The summed E-state index contributed by atoms with van der Waals surface area (Å²) in [6, 6.07) is 16.1. The summed E-state index contributed by atoms with van der Waals surface area (Å²) in [5.74, 6) is 0.0753. The third kappa shape index (κ3) is 3.64. The van der Waals surface area contributed by atoms with Crippen LogP contribution >= 0.6 is 0 Å². The van der Waals surface area contributed by atoms with Crippen LogP contribution in [0.25, 0.3) is 10.9 Å². The molecule has 28 heavy (non-hydrogen) atoms. The largest absolute Gasteiger partial charge is 0.351 e. The van der Waals surface area contributed by atoms with E-state index in [1.54, 1.807) is 0 Å². The van der Waals surface area contributed by atoms with Gasteiger partial charge < -0.3 is 9.88 Å². The lowest BCUT2D eigenvalue weighted by Gasteiger charge is -2.34. The van der Waals surface area contributed by atoms with Gasteiger partial charge in [0.05, 0.1) is 11.6 Å². The van der Waals surface area contributed by atoms with Gasteiger partial charge in [-0.25, -0.2) is 0 Å². The van der Waals surface area contributed by atoms with Crippen molar-refractivity contribution >= 4 is 16.8 Å². The number of nitrogens with one attached hydrogen (secondary N) is 1. The first-order chi connectivity index (χ1) is 13.5. The Bertz CT molecular complexity index is 1050. The van der Waals surface area contributed by atoms with Crippen LogP contribution in [0.4, 0.5) is 0 Å². The molecule has 1 aliphatic heterocycles. The Hall–Kier alpha value is -3.10. The lowest BCUT2D eigenvalue weighted by atomic mass is 10.1. The first-order valence-corrected chi connectivity index (χ1v) is 9.64. The molecule has 4 rings (SSSR count). The molecule has 0 spiro atoms. The predicted octanol–water partition coefficient (Wildman–Crippen LogP) is 3.61. The van der Waals surface area contributed by atoms with Crippen LogP contribution in [0.2, 0.25) is 0 Å². The van der Waals surface area contributed by atoms with Crippen LogP contribution in [-0.2, 0) is 6.54 Å². The fourth-order valence-electron chi connectivity index (χ4n) is 3.94. The van der Waals surface area contributed by atoms with Crippen LogP contribution < -0.4 is 0 Å². The van der Waals surface area contributed by atoms with Crippen LogP contribution in [0.1, 0.15) is 32.7 Å². The van der Waals surface area contributed by atoms with Gasteiger partial charge in [0.2, 0.25) is 0 Å². The molecule has 3 aromatic rings. The summed E-state index contributed by atoms with van der Waals surface area (Å²) >= 11 is 0. The van der Waals surface area contributed by atoms with Crippen molar-refractivity contribution in [3.63, 3.8) is 0 Å². The highest BCUT2D eigenvalue weighted by Gasteiger charge is 2.23. The molecular formula is C23H24N4O. The van der Waals surface area contributed by atoms with E-state index in [0.717, 1.165) is 43.6 Å². The predicted molar refractivity (Wildman–Crippen MR) is 110 cm³/mol. The standard InChI is InChI=1S/C23H24N4O/c1-16-11-17(2)20-13-22(25-21(20)12-16)23(28)27-9-7-26(8-10-27)15-19-5-3-18(14-24)4-6-19/h3-6,11-13,25H,7-10,15H2,1-2H3. The summed E-state index contributed by atoms with van der Waals surface area (Å²) in [6.07, 6.45) is 0. The van der Waals surface area contributed by atoms with Gasteiger partial charge in [0.1, 0.15) is 5.69 Å². The molecule has 1 amide bonds. The monoisotopic (exact) mass is 372 g/mol. The Morgan fingerprint density at radius 3 is 2.46 bits per heavy atom. The molecule has 0 saturated carbocycles. The second-order valence-corrected chi connectivity index (χ2v) is 7.60. The number of piperazine rings is 1. The zero-order chi connectivity index (χ0) is 19.7. The molecule has 1 saturated heterocycles. The average Bonchev–Trinajstić information content (AvgIpc) is 3.13. The quantitative estimate of drug-likeness (QED) is 0.764. The molecular weight excluding hydrogens is 348 g/mol. The van der Waals surface area contributed by atoms with Gasteiger partial charge in [-0.05, 0) is 54.8 Å². The molecule has 0 aliphatic carbocycles. The number of benzene rings is 2. The first-order valence-electron chi connectivity index (χ1n) is 9.64. The van der Waals surface area contributed by atoms with E-state index in [4.69, 9.17) is 5.26 Å². The zero-order valence-corrected chi connectivity index (χ0v) is 16.3. The summed E-state index contributed by atoms with van der Waals surface area (Å²) in [7, 11) is 0. The Morgan fingerprint density at radius 1 is 1.07 bits per heavy atom. The van der Waals surface area contributed by atoms with Crippen molar-refractivity contribution in [1.82, 2.24) is 14.8 Å². The van der Waals surface area contributed by atoms with Gasteiger partial charge in [-0.2, -0.15) is 5.26 Å². The lowest BCUT2D eigenvalue weighted by Crippen LogP contribution is -2.48. The smallest absolute Gasteiger partial charge is 0.270 e. The minimum atomic E-state index is 0.0753. The van der Waals surface area contributed by atoms with Gasteiger partial charge in [-0.1, -0.05) is 18.2 Å². The Morgan fingerprint density at radius 2 is 1.79 bits per heavy atom. The van der Waals surface area contributed by atoms with Crippen molar-refractivity contribution in [2.45, 2.75) is 20.4 Å². The molecule has 2 heterocycles. The highest BCUT2D eigenvalue weighted by atomic mass is 16.2. The van der Waals surface area contributed by atoms with Gasteiger partial charge in [0.15, 0.2) is 0 Å². The second-order valence-electron chi connectivity index (χ2n) is 7.60. The van der Waals surface area contributed by atoms with Crippen molar-refractivity contribution in [3.05, 3.63) is 70.4 Å². The first kappa shape index (κ1) is 18.3. The molecule has 5 heteroatoms. The van der Waals surface area contributed by atoms with Crippen molar-refractivity contribution in [2.24, 2.45) is 0 Å². The highest BCUT2D eigenvalue weighted by molar-refractivity contribution is 5.99. The van der Waals surface area contributed by atoms with E-state index in [-0.39, 0.29) is 5.91 Å². The molecule has 0 bridgehead atoms. The Balaban J connectivity index is 1.40. The van der Waals surface area contributed by atoms with Crippen LogP contribution in [0.5, 0.6) is 0 Å². The number of aromatic amines is 1. The van der Waals surface area contributed by atoms with E-state index < -0.39 is 0 Å². The number of nitriles is 1. The lowest BCUT2D eigenvalue weighted by molar-refractivity contribution is 0.0623. The van der Waals surface area contributed by atoms with Crippen LogP contribution in [-0.4, -0.2) is 46.9 Å². The highest BCUT2D eigenvalue weighted by Crippen LogP contribution is 2.22. The van der Waals surface area contributed by atoms with Crippen molar-refractivity contribution < 1.29 is 4.79 Å². The van der Waals surface area contributed by atoms with Crippen molar-refractivity contribution in [1.29, 1.82) is 5.26 Å². The molecule has 1 aliphatic rings. The summed E-state index contributed by atoms with van der Waals surface area (Å²) in [5.41, 5.74) is 5.97. The Labute approximate surface area is 165 Å². The number of carbonyl (C=O) groups excluding carboxylic acids is 1. The fraction of sp³-hybridized carbons (Fsp3) is 0.304. The van der Waals surface area contributed by atoms with Crippen LogP contribution in [0.15, 0.2) is 42.5 Å². The molecule has 1 aromatic heterocycles. The van der Waals surface area contributed by atoms with E-state index in [1.807, 2.05) is 35.2 Å². The van der Waals surface area contributed by atoms with E-state index >= 15 is 0 Å². The number of aromatic nitrogens is 1. The maximum absolute atomic E-state index is 12.9. The molecule has 0 unspecified atom stereocenters. The fourth-order valence-corrected chi connectivity index (χ4v) is 3.94. The maximum atomic E-state index is 12.9. The maximum Gasteiger partial charge on any atom is 0.270 e. The number of hydrogen-bond donors (Lipinski definition) is 1. The van der Waals surface area contributed by atoms with Gasteiger partial charge in [-0.15, -0.1) is 0 Å². The minimum Gasteiger partial charge on any atom is -0.351 e. The molecule has 0 atom stereocenters. The summed E-state index contributed by atoms with van der Waals surface area (Å²) in [4.78, 5) is 20.5. The van der Waals surface area contributed by atoms with E-state index in [2.05, 4.69) is 41.9 Å². The number of aryl methyl sites for hydroxylation is 2. The number of rotatable bonds is 3. The van der Waals surface area contributed by atoms with Crippen LogP contribution in [0, 0.1) is 25.2 Å². The van der Waals surface area contributed by atoms with Gasteiger partial charge in [0.25, 0.3) is 5.91 Å².